The molecular formula is C22H26N5O5P. The van der Waals surface area contributed by atoms with Crippen molar-refractivity contribution in [3.63, 3.8) is 0 Å². The molecule has 0 unspecified atom stereocenters. The van der Waals surface area contributed by atoms with Gasteiger partial charge in [-0.2, -0.15) is 10.1 Å². The molecule has 10 nitrogen and oxygen atoms in total. The standard InChI is InChI=1S/C22H26N5O5P/c1-32-21-20-17(11-19(25-21)26-8-4-15(5-9-26)6-10-33(30)31)13-24-27(22(20)29)14-18(28)16-3-2-7-23-12-16/h2-3,7,11-13,15,30-31H,4-6,8-10,14H2,1H3. The average Bonchev–Trinajstić information content (AvgIpc) is 2.84. The van der Waals surface area contributed by atoms with Crippen LogP contribution in [0.1, 0.15) is 29.6 Å². The van der Waals surface area contributed by atoms with E-state index in [4.69, 9.17) is 14.5 Å². The molecule has 1 aliphatic rings. The topological polar surface area (TPSA) is 131 Å². The first-order valence-corrected chi connectivity index (χ1v) is 12.2. The van der Waals surface area contributed by atoms with Gasteiger partial charge in [-0.1, -0.05) is 0 Å². The third-order valence-corrected chi connectivity index (χ3v) is 6.59. The van der Waals surface area contributed by atoms with Crippen molar-refractivity contribution in [3.05, 3.63) is 52.7 Å². The van der Waals surface area contributed by atoms with Crippen LogP contribution in [0.3, 0.4) is 0 Å². The Morgan fingerprint density at radius 1 is 1.27 bits per heavy atom. The lowest BCUT2D eigenvalue weighted by Crippen LogP contribution is -2.34. The molecule has 3 aromatic heterocycles. The highest BCUT2D eigenvalue weighted by molar-refractivity contribution is 7.45. The van der Waals surface area contributed by atoms with Gasteiger partial charge in [-0.15, -0.1) is 0 Å². The SMILES string of the molecule is COc1nc(N2CCC(CCP(O)O)CC2)cc2cnn(CC(=O)c3cccnc3)c(=O)c12. The van der Waals surface area contributed by atoms with Crippen LogP contribution in [0.2, 0.25) is 0 Å². The van der Waals surface area contributed by atoms with Crippen LogP contribution in [0.4, 0.5) is 5.82 Å². The maximum absolute atomic E-state index is 13.1. The summed E-state index contributed by atoms with van der Waals surface area (Å²) in [5.41, 5.74) is -0.0337. The minimum Gasteiger partial charge on any atom is -0.480 e. The van der Waals surface area contributed by atoms with E-state index in [0.717, 1.165) is 37.0 Å². The molecule has 0 spiro atoms. The Morgan fingerprint density at radius 3 is 2.73 bits per heavy atom. The lowest BCUT2D eigenvalue weighted by atomic mass is 9.94. The van der Waals surface area contributed by atoms with E-state index in [9.17, 15) is 9.59 Å². The summed E-state index contributed by atoms with van der Waals surface area (Å²) in [6, 6.07) is 5.13. The number of ether oxygens (including phenoxy) is 1. The van der Waals surface area contributed by atoms with Crippen molar-refractivity contribution >= 4 is 30.7 Å². The van der Waals surface area contributed by atoms with Gasteiger partial charge in [0.05, 0.1) is 13.3 Å². The van der Waals surface area contributed by atoms with Gasteiger partial charge in [0.25, 0.3) is 5.56 Å². The van der Waals surface area contributed by atoms with Gasteiger partial charge in [-0.3, -0.25) is 14.6 Å². The van der Waals surface area contributed by atoms with E-state index in [0.29, 0.717) is 28.8 Å². The van der Waals surface area contributed by atoms with Crippen LogP contribution < -0.4 is 15.2 Å². The Kier molecular flexibility index (Phi) is 7.27. The van der Waals surface area contributed by atoms with E-state index in [1.165, 1.54) is 13.3 Å². The number of piperidine rings is 1. The third kappa shape index (κ3) is 5.35. The summed E-state index contributed by atoms with van der Waals surface area (Å²) in [6.07, 6.45) is 7.71. The minimum absolute atomic E-state index is 0.200. The van der Waals surface area contributed by atoms with Crippen molar-refractivity contribution in [1.29, 1.82) is 0 Å². The Hall–Kier alpha value is -2.94. The zero-order valence-electron chi connectivity index (χ0n) is 18.3. The molecule has 1 fully saturated rings. The van der Waals surface area contributed by atoms with Crippen molar-refractivity contribution in [2.45, 2.75) is 25.8 Å². The predicted molar refractivity (Wildman–Crippen MR) is 125 cm³/mol. The molecule has 1 aliphatic heterocycles. The molecular weight excluding hydrogens is 445 g/mol. The number of methoxy groups -OCH3 is 1. The second-order valence-corrected chi connectivity index (χ2v) is 9.23. The third-order valence-electron chi connectivity index (χ3n) is 5.93. The second kappa shape index (κ2) is 10.3. The van der Waals surface area contributed by atoms with Crippen LogP contribution in [0.15, 0.2) is 41.6 Å². The van der Waals surface area contributed by atoms with E-state index in [1.54, 1.807) is 24.5 Å². The van der Waals surface area contributed by atoms with Crippen molar-refractivity contribution in [3.8, 4) is 5.88 Å². The molecule has 2 N–H and O–H groups in total. The number of hydrogen-bond acceptors (Lipinski definition) is 9. The van der Waals surface area contributed by atoms with E-state index in [1.807, 2.05) is 6.07 Å². The summed E-state index contributed by atoms with van der Waals surface area (Å²) in [5.74, 6) is 1.10. The highest BCUT2D eigenvalue weighted by Gasteiger charge is 2.23. The molecule has 4 rings (SSSR count). The highest BCUT2D eigenvalue weighted by atomic mass is 31.2. The molecule has 4 heterocycles. The lowest BCUT2D eigenvalue weighted by molar-refractivity contribution is 0.0965. The molecule has 3 aromatic rings. The van der Waals surface area contributed by atoms with Crippen LogP contribution in [0.5, 0.6) is 5.88 Å². The van der Waals surface area contributed by atoms with Crippen LogP contribution in [-0.2, 0) is 6.54 Å². The molecule has 0 atom stereocenters. The number of ketones is 1. The van der Waals surface area contributed by atoms with Crippen LogP contribution >= 0.6 is 8.38 Å². The lowest BCUT2D eigenvalue weighted by Gasteiger charge is -2.33. The fourth-order valence-corrected chi connectivity index (χ4v) is 4.68. The number of fused-ring (bicyclic) bond motifs is 1. The van der Waals surface area contributed by atoms with Gasteiger partial charge in [-0.25, -0.2) is 4.68 Å². The fraction of sp³-hybridized carbons (Fsp3) is 0.409. The summed E-state index contributed by atoms with van der Waals surface area (Å²) in [5, 5.41) is 5.08. The maximum Gasteiger partial charge on any atom is 0.280 e. The van der Waals surface area contributed by atoms with Gasteiger partial charge >= 0.3 is 0 Å². The summed E-state index contributed by atoms with van der Waals surface area (Å²) < 4.78 is 6.56. The second-order valence-electron chi connectivity index (χ2n) is 8.04. The number of nitrogens with zero attached hydrogens (tertiary/aromatic N) is 5. The van der Waals surface area contributed by atoms with Crippen molar-refractivity contribution in [2.75, 3.05) is 31.3 Å². The van der Waals surface area contributed by atoms with Crippen molar-refractivity contribution < 1.29 is 19.3 Å². The smallest absolute Gasteiger partial charge is 0.280 e. The molecule has 0 radical (unpaired) electrons. The van der Waals surface area contributed by atoms with Crippen LogP contribution in [0, 0.1) is 5.92 Å². The monoisotopic (exact) mass is 471 g/mol. The van der Waals surface area contributed by atoms with Gasteiger partial charge in [0.2, 0.25) is 5.88 Å². The Bertz CT molecular complexity index is 1180. The number of anilines is 1. The molecule has 0 saturated carbocycles. The minimum atomic E-state index is -1.84. The summed E-state index contributed by atoms with van der Waals surface area (Å²) in [6.45, 7) is 1.36. The maximum atomic E-state index is 13.1. The average molecular weight is 471 g/mol. The van der Waals surface area contributed by atoms with Gasteiger partial charge in [0.1, 0.15) is 17.7 Å². The summed E-state index contributed by atoms with van der Waals surface area (Å²) in [7, 11) is -0.374. The Balaban J connectivity index is 1.56. The molecule has 0 amide bonds. The number of carbonyl (C=O) groups excluding carboxylic acids is 1. The number of carbonyl (C=O) groups is 1. The van der Waals surface area contributed by atoms with Crippen molar-refractivity contribution in [1.82, 2.24) is 19.7 Å². The quantitative estimate of drug-likeness (QED) is 0.374. The largest absolute Gasteiger partial charge is 0.480 e. The highest BCUT2D eigenvalue weighted by Crippen LogP contribution is 2.32. The first kappa shape index (κ1) is 23.2. The van der Waals surface area contributed by atoms with Gasteiger partial charge in [0, 0.05) is 42.6 Å². The summed E-state index contributed by atoms with van der Waals surface area (Å²) in [4.78, 5) is 54.5. The van der Waals surface area contributed by atoms with E-state index in [2.05, 4.69) is 20.0 Å². The number of Topliss-reactive ketones (excluding diaryl/α,β-unsaturated/α-hetero) is 1. The molecule has 0 aliphatic carbocycles. The van der Waals surface area contributed by atoms with Gasteiger partial charge in [-0.05, 0) is 43.4 Å². The van der Waals surface area contributed by atoms with Gasteiger partial charge < -0.3 is 19.4 Å². The number of pyridine rings is 2. The molecule has 1 saturated heterocycles. The number of rotatable bonds is 8. The first-order valence-electron chi connectivity index (χ1n) is 10.7. The van der Waals surface area contributed by atoms with Crippen LogP contribution in [-0.4, -0.2) is 61.7 Å². The Labute approximate surface area is 191 Å². The molecule has 0 aromatic carbocycles. The Morgan fingerprint density at radius 2 is 2.06 bits per heavy atom. The van der Waals surface area contributed by atoms with Crippen LogP contribution in [0.25, 0.3) is 10.8 Å². The molecule has 33 heavy (non-hydrogen) atoms. The molecule has 0 bridgehead atoms. The predicted octanol–water partition coefficient (Wildman–Crippen LogP) is 1.98. The zero-order valence-corrected chi connectivity index (χ0v) is 19.2. The van der Waals surface area contributed by atoms with E-state index >= 15 is 0 Å². The fourth-order valence-electron chi connectivity index (χ4n) is 4.08. The molecule has 11 heteroatoms. The number of aromatic nitrogens is 4. The molecule has 174 valence electrons. The number of hydrogen-bond donors (Lipinski definition) is 2. The van der Waals surface area contributed by atoms with E-state index < -0.39 is 13.9 Å². The van der Waals surface area contributed by atoms with Gasteiger partial charge in [0.15, 0.2) is 14.2 Å². The first-order chi connectivity index (χ1) is 16.0. The normalized spacial score (nSPS) is 14.7. The zero-order chi connectivity index (χ0) is 23.4. The van der Waals surface area contributed by atoms with E-state index in [-0.39, 0.29) is 23.6 Å². The summed E-state index contributed by atoms with van der Waals surface area (Å²) >= 11 is 0. The van der Waals surface area contributed by atoms with Crippen molar-refractivity contribution in [2.24, 2.45) is 5.92 Å².